The van der Waals surface area contributed by atoms with Crippen LogP contribution in [0.3, 0.4) is 0 Å². The summed E-state index contributed by atoms with van der Waals surface area (Å²) in [7, 11) is 1.73. The van der Waals surface area contributed by atoms with E-state index < -0.39 is 0 Å². The number of anilines is 1. The largest absolute Gasteiger partial charge is 0.368 e. The minimum atomic E-state index is -0.316. The molecule has 0 spiro atoms. The van der Waals surface area contributed by atoms with Crippen molar-refractivity contribution in [3.8, 4) is 0 Å². The van der Waals surface area contributed by atoms with E-state index in [4.69, 9.17) is 5.73 Å². The summed E-state index contributed by atoms with van der Waals surface area (Å²) in [4.78, 5) is 1.68. The molecule has 0 aliphatic heterocycles. The topological polar surface area (TPSA) is 29.3 Å². The first-order valence-electron chi connectivity index (χ1n) is 6.05. The van der Waals surface area contributed by atoms with Gasteiger partial charge in [0.15, 0.2) is 0 Å². The van der Waals surface area contributed by atoms with Gasteiger partial charge in [-0.1, -0.05) is 24.3 Å². The van der Waals surface area contributed by atoms with E-state index in [1.54, 1.807) is 42.3 Å². The van der Waals surface area contributed by atoms with Gasteiger partial charge < -0.3 is 10.6 Å². The number of nitrogens with zero attached hydrogens (tertiary/aromatic N) is 1. The molecule has 0 radical (unpaired) electrons. The van der Waals surface area contributed by atoms with Crippen molar-refractivity contribution >= 4 is 5.69 Å². The molecule has 100 valence electrons. The second-order valence-corrected chi connectivity index (χ2v) is 4.44. The Morgan fingerprint density at radius 1 is 1.05 bits per heavy atom. The van der Waals surface area contributed by atoms with Crippen molar-refractivity contribution in [2.45, 2.75) is 13.1 Å². The zero-order chi connectivity index (χ0) is 13.8. The van der Waals surface area contributed by atoms with E-state index in [1.165, 1.54) is 12.1 Å². The van der Waals surface area contributed by atoms with Crippen molar-refractivity contribution in [3.05, 3.63) is 65.2 Å². The van der Waals surface area contributed by atoms with E-state index >= 15 is 0 Å². The molecule has 0 aliphatic rings. The first-order valence-corrected chi connectivity index (χ1v) is 6.05. The second kappa shape index (κ2) is 5.80. The maximum Gasteiger partial charge on any atom is 0.146 e. The molecular weight excluding hydrogens is 246 g/mol. The normalized spacial score (nSPS) is 10.5. The van der Waals surface area contributed by atoms with E-state index in [0.717, 1.165) is 5.56 Å². The highest BCUT2D eigenvalue weighted by Gasteiger charge is 2.10. The molecule has 0 fully saturated rings. The Hall–Kier alpha value is -1.94. The molecule has 0 saturated heterocycles. The summed E-state index contributed by atoms with van der Waals surface area (Å²) in [5, 5.41) is 0. The molecule has 4 heteroatoms. The molecule has 2 aromatic carbocycles. The lowest BCUT2D eigenvalue weighted by Crippen LogP contribution is -2.18. The summed E-state index contributed by atoms with van der Waals surface area (Å²) < 4.78 is 27.4. The van der Waals surface area contributed by atoms with Gasteiger partial charge in [0.25, 0.3) is 0 Å². The highest BCUT2D eigenvalue weighted by molar-refractivity contribution is 5.47. The molecule has 0 aliphatic carbocycles. The van der Waals surface area contributed by atoms with Gasteiger partial charge in [-0.15, -0.1) is 0 Å². The Bertz CT molecular complexity index is 570. The average molecular weight is 262 g/mol. The van der Waals surface area contributed by atoms with Crippen LogP contribution in [0.1, 0.15) is 11.1 Å². The van der Waals surface area contributed by atoms with Crippen LogP contribution in [-0.4, -0.2) is 7.05 Å². The maximum absolute atomic E-state index is 13.8. The van der Waals surface area contributed by atoms with Crippen LogP contribution >= 0.6 is 0 Å². The predicted octanol–water partition coefficient (Wildman–Crippen LogP) is 3.06. The van der Waals surface area contributed by atoms with E-state index in [0.29, 0.717) is 24.3 Å². The minimum absolute atomic E-state index is 0.303. The van der Waals surface area contributed by atoms with Gasteiger partial charge in [0.1, 0.15) is 11.6 Å². The summed E-state index contributed by atoms with van der Waals surface area (Å²) in [6, 6.07) is 11.3. The zero-order valence-corrected chi connectivity index (χ0v) is 10.7. The van der Waals surface area contributed by atoms with Crippen LogP contribution in [0.4, 0.5) is 14.5 Å². The standard InChI is InChI=1S/C15H16F2N2/c1-19(15-5-3-2-4-13(15)16)10-12-7-6-11(9-18)8-14(12)17/h2-8H,9-10,18H2,1H3. The molecule has 0 atom stereocenters. The summed E-state index contributed by atoms with van der Waals surface area (Å²) >= 11 is 0. The molecule has 0 heterocycles. The van der Waals surface area contributed by atoms with Crippen LogP contribution < -0.4 is 10.6 Å². The fourth-order valence-electron chi connectivity index (χ4n) is 1.95. The van der Waals surface area contributed by atoms with Crippen molar-refractivity contribution in [2.24, 2.45) is 5.73 Å². The summed E-state index contributed by atoms with van der Waals surface area (Å²) in [6.07, 6.45) is 0. The minimum Gasteiger partial charge on any atom is -0.368 e. The molecule has 0 unspecified atom stereocenters. The zero-order valence-electron chi connectivity index (χ0n) is 10.7. The molecule has 0 saturated carbocycles. The molecular formula is C15H16F2N2. The molecule has 2 aromatic rings. The third-order valence-electron chi connectivity index (χ3n) is 3.02. The van der Waals surface area contributed by atoms with Crippen molar-refractivity contribution in [2.75, 3.05) is 11.9 Å². The third-order valence-corrected chi connectivity index (χ3v) is 3.02. The van der Waals surface area contributed by atoms with Crippen LogP contribution in [0.25, 0.3) is 0 Å². The maximum atomic E-state index is 13.8. The number of para-hydroxylation sites is 1. The lowest BCUT2D eigenvalue weighted by atomic mass is 10.1. The van der Waals surface area contributed by atoms with Crippen LogP contribution in [0.5, 0.6) is 0 Å². The third kappa shape index (κ3) is 3.09. The van der Waals surface area contributed by atoms with Gasteiger partial charge in [-0.05, 0) is 23.8 Å². The Morgan fingerprint density at radius 3 is 2.42 bits per heavy atom. The summed E-state index contributed by atoms with van der Waals surface area (Å²) in [5.41, 5.74) is 7.16. The van der Waals surface area contributed by atoms with Gasteiger partial charge >= 0.3 is 0 Å². The monoisotopic (exact) mass is 262 g/mol. The average Bonchev–Trinajstić information content (AvgIpc) is 2.41. The number of hydrogen-bond acceptors (Lipinski definition) is 2. The summed E-state index contributed by atoms with van der Waals surface area (Å²) in [5.74, 6) is -0.630. The molecule has 2 rings (SSSR count). The number of benzene rings is 2. The Balaban J connectivity index is 2.19. The number of rotatable bonds is 4. The first-order chi connectivity index (χ1) is 9.11. The van der Waals surface area contributed by atoms with Crippen molar-refractivity contribution in [3.63, 3.8) is 0 Å². The number of hydrogen-bond donors (Lipinski definition) is 1. The van der Waals surface area contributed by atoms with E-state index in [1.807, 2.05) is 0 Å². The van der Waals surface area contributed by atoms with Gasteiger partial charge in [-0.2, -0.15) is 0 Å². The van der Waals surface area contributed by atoms with Gasteiger partial charge in [0.05, 0.1) is 5.69 Å². The van der Waals surface area contributed by atoms with E-state index in [2.05, 4.69) is 0 Å². The molecule has 2 nitrogen and oxygen atoms in total. The second-order valence-electron chi connectivity index (χ2n) is 4.44. The smallest absolute Gasteiger partial charge is 0.146 e. The lowest BCUT2D eigenvalue weighted by molar-refractivity contribution is 0.599. The number of halogens is 2. The van der Waals surface area contributed by atoms with Gasteiger partial charge in [0, 0.05) is 25.7 Å². The van der Waals surface area contributed by atoms with Gasteiger partial charge in [0.2, 0.25) is 0 Å². The predicted molar refractivity (Wildman–Crippen MR) is 72.8 cm³/mol. The Labute approximate surface area is 111 Å². The van der Waals surface area contributed by atoms with Crippen LogP contribution in [0, 0.1) is 11.6 Å². The van der Waals surface area contributed by atoms with Gasteiger partial charge in [-0.3, -0.25) is 0 Å². The fraction of sp³-hybridized carbons (Fsp3) is 0.200. The highest BCUT2D eigenvalue weighted by Crippen LogP contribution is 2.20. The van der Waals surface area contributed by atoms with Crippen LogP contribution in [0.15, 0.2) is 42.5 Å². The van der Waals surface area contributed by atoms with Crippen LogP contribution in [-0.2, 0) is 13.1 Å². The van der Waals surface area contributed by atoms with Crippen molar-refractivity contribution < 1.29 is 8.78 Å². The fourth-order valence-corrected chi connectivity index (χ4v) is 1.95. The molecule has 0 amide bonds. The number of nitrogens with two attached hydrogens (primary N) is 1. The Morgan fingerprint density at radius 2 is 1.79 bits per heavy atom. The summed E-state index contributed by atoms with van der Waals surface area (Å²) in [6.45, 7) is 0.609. The van der Waals surface area contributed by atoms with Crippen LogP contribution in [0.2, 0.25) is 0 Å². The SMILES string of the molecule is CN(Cc1ccc(CN)cc1F)c1ccccc1F. The van der Waals surface area contributed by atoms with Gasteiger partial charge in [-0.25, -0.2) is 8.78 Å². The molecule has 0 aromatic heterocycles. The lowest BCUT2D eigenvalue weighted by Gasteiger charge is -2.20. The van der Waals surface area contributed by atoms with Crippen molar-refractivity contribution in [1.29, 1.82) is 0 Å². The Kier molecular flexibility index (Phi) is 4.12. The molecule has 2 N–H and O–H groups in total. The quantitative estimate of drug-likeness (QED) is 0.917. The molecule has 0 bridgehead atoms. The van der Waals surface area contributed by atoms with E-state index in [-0.39, 0.29) is 11.6 Å². The van der Waals surface area contributed by atoms with E-state index in [9.17, 15) is 8.78 Å². The van der Waals surface area contributed by atoms with Crippen molar-refractivity contribution in [1.82, 2.24) is 0 Å². The first kappa shape index (κ1) is 13.5. The molecule has 19 heavy (non-hydrogen) atoms. The highest BCUT2D eigenvalue weighted by atomic mass is 19.1.